The monoisotopic (exact) mass is 756 g/mol. The van der Waals surface area contributed by atoms with E-state index in [2.05, 4.69) is 205 Å². The Morgan fingerprint density at radius 3 is 1.44 bits per heavy atom. The van der Waals surface area contributed by atoms with Gasteiger partial charge in [0.1, 0.15) is 0 Å². The van der Waals surface area contributed by atoms with Gasteiger partial charge in [0.15, 0.2) is 17.5 Å². The molecule has 4 heteroatoms. The highest BCUT2D eigenvalue weighted by atomic mass is 15.1. The van der Waals surface area contributed by atoms with Crippen LogP contribution in [0.5, 0.6) is 0 Å². The molecule has 4 nitrogen and oxygen atoms in total. The van der Waals surface area contributed by atoms with Crippen molar-refractivity contribution in [3.05, 3.63) is 224 Å². The minimum atomic E-state index is 0.671. The Kier molecular flexibility index (Phi) is 9.71. The lowest BCUT2D eigenvalue weighted by Gasteiger charge is -2.26. The summed E-state index contributed by atoms with van der Waals surface area (Å²) in [5.41, 5.74) is 13.3. The molecule has 280 valence electrons. The highest BCUT2D eigenvalue weighted by molar-refractivity contribution is 6.04. The lowest BCUT2D eigenvalue weighted by molar-refractivity contribution is 0.978. The lowest BCUT2D eigenvalue weighted by Crippen LogP contribution is -2.10. The average molecular weight is 757 g/mol. The normalized spacial score (nSPS) is 12.3. The van der Waals surface area contributed by atoms with Crippen LogP contribution in [0.25, 0.3) is 72.5 Å². The van der Waals surface area contributed by atoms with E-state index in [1.165, 1.54) is 22.3 Å². The number of nitrogens with zero attached hydrogens (tertiary/aromatic N) is 4. The molecular weight excluding hydrogens is 717 g/mol. The SMILES string of the molecule is C1=CCCC(c2nc(-c3ccccc3)nc(-c3ccc(-c4cccc(N(c5ccc(-c6ccccc6)cc5)c5ccc(-c6ccccc6)cc5)c4)c4ccccc34)n2)=C1. The summed E-state index contributed by atoms with van der Waals surface area (Å²) in [6.07, 6.45) is 8.29. The van der Waals surface area contributed by atoms with Crippen LogP contribution in [0, 0.1) is 0 Å². The van der Waals surface area contributed by atoms with E-state index in [0.717, 1.165) is 74.3 Å². The minimum Gasteiger partial charge on any atom is -0.310 e. The van der Waals surface area contributed by atoms with Crippen molar-refractivity contribution in [2.45, 2.75) is 12.8 Å². The van der Waals surface area contributed by atoms with E-state index >= 15 is 0 Å². The third kappa shape index (κ3) is 7.36. The van der Waals surface area contributed by atoms with E-state index in [9.17, 15) is 0 Å². The largest absolute Gasteiger partial charge is 0.310 e. The van der Waals surface area contributed by atoms with Crippen molar-refractivity contribution in [1.29, 1.82) is 0 Å². The summed E-state index contributed by atoms with van der Waals surface area (Å²) >= 11 is 0. The van der Waals surface area contributed by atoms with E-state index in [1.54, 1.807) is 0 Å². The zero-order chi connectivity index (χ0) is 39.4. The second kappa shape index (κ2) is 16.0. The van der Waals surface area contributed by atoms with Gasteiger partial charge in [-0.2, -0.15) is 0 Å². The molecule has 0 saturated carbocycles. The Morgan fingerprint density at radius 1 is 0.356 bits per heavy atom. The summed E-state index contributed by atoms with van der Waals surface area (Å²) in [4.78, 5) is 17.6. The molecule has 1 aliphatic rings. The van der Waals surface area contributed by atoms with Crippen molar-refractivity contribution in [2.75, 3.05) is 4.90 Å². The Labute approximate surface area is 345 Å². The number of allylic oxidation sites excluding steroid dienone is 4. The Balaban J connectivity index is 1.07. The first kappa shape index (κ1) is 35.7. The average Bonchev–Trinajstić information content (AvgIpc) is 3.33. The van der Waals surface area contributed by atoms with Crippen LogP contribution in [0.2, 0.25) is 0 Å². The predicted octanol–water partition coefficient (Wildman–Crippen LogP) is 14.6. The van der Waals surface area contributed by atoms with Gasteiger partial charge in [0.25, 0.3) is 0 Å². The van der Waals surface area contributed by atoms with Crippen LogP contribution in [0.15, 0.2) is 218 Å². The Morgan fingerprint density at radius 2 is 0.847 bits per heavy atom. The van der Waals surface area contributed by atoms with Gasteiger partial charge in [-0.25, -0.2) is 15.0 Å². The lowest BCUT2D eigenvalue weighted by atomic mass is 9.94. The van der Waals surface area contributed by atoms with Crippen LogP contribution < -0.4 is 4.90 Å². The molecule has 8 aromatic carbocycles. The van der Waals surface area contributed by atoms with Crippen LogP contribution in [0.4, 0.5) is 17.1 Å². The molecule has 0 fully saturated rings. The molecule has 1 aromatic heterocycles. The molecule has 9 aromatic rings. The van der Waals surface area contributed by atoms with Gasteiger partial charge in [0.2, 0.25) is 0 Å². The van der Waals surface area contributed by atoms with Gasteiger partial charge in [-0.1, -0.05) is 176 Å². The predicted molar refractivity (Wildman–Crippen MR) is 246 cm³/mol. The number of fused-ring (bicyclic) bond motifs is 1. The van der Waals surface area contributed by atoms with Gasteiger partial charge < -0.3 is 4.90 Å². The summed E-state index contributed by atoms with van der Waals surface area (Å²) in [7, 11) is 0. The van der Waals surface area contributed by atoms with E-state index in [0.29, 0.717) is 11.6 Å². The highest BCUT2D eigenvalue weighted by Crippen LogP contribution is 2.41. The van der Waals surface area contributed by atoms with Crippen LogP contribution in [-0.2, 0) is 0 Å². The Hall–Kier alpha value is -7.69. The zero-order valence-electron chi connectivity index (χ0n) is 32.5. The number of benzene rings is 8. The van der Waals surface area contributed by atoms with Crippen LogP contribution >= 0.6 is 0 Å². The van der Waals surface area contributed by atoms with Crippen molar-refractivity contribution < 1.29 is 0 Å². The number of hydrogen-bond donors (Lipinski definition) is 0. The number of rotatable bonds is 9. The van der Waals surface area contributed by atoms with Gasteiger partial charge >= 0.3 is 0 Å². The summed E-state index contributed by atoms with van der Waals surface area (Å²) in [6, 6.07) is 70.9. The summed E-state index contributed by atoms with van der Waals surface area (Å²) < 4.78 is 0. The van der Waals surface area contributed by atoms with Gasteiger partial charge in [0.05, 0.1) is 0 Å². The first-order chi connectivity index (χ1) is 29.2. The van der Waals surface area contributed by atoms with Crippen molar-refractivity contribution >= 4 is 33.4 Å². The molecule has 59 heavy (non-hydrogen) atoms. The standard InChI is InChI=1S/C55H40N4/c1-5-16-39(17-6-1)41-28-32-46(33-29-41)59(47-34-30-42(31-35-47)40-18-7-2-8-19-40)48-25-15-24-45(38-48)49-36-37-52(51-27-14-13-26-50(49)51)55-57-53(43-20-9-3-10-21-43)56-54(58-55)44-22-11-4-12-23-44/h1-11,13-22,24-38H,12,23H2. The highest BCUT2D eigenvalue weighted by Gasteiger charge is 2.19. The first-order valence-corrected chi connectivity index (χ1v) is 20.2. The van der Waals surface area contributed by atoms with Crippen LogP contribution in [0.3, 0.4) is 0 Å². The summed E-state index contributed by atoms with van der Waals surface area (Å²) in [5, 5.41) is 2.23. The van der Waals surface area contributed by atoms with Crippen molar-refractivity contribution in [3.8, 4) is 56.2 Å². The van der Waals surface area contributed by atoms with Crippen molar-refractivity contribution in [3.63, 3.8) is 0 Å². The molecule has 0 atom stereocenters. The third-order valence-electron chi connectivity index (χ3n) is 11.0. The molecule has 1 aliphatic carbocycles. The molecule has 0 unspecified atom stereocenters. The van der Waals surface area contributed by atoms with E-state index in [-0.39, 0.29) is 0 Å². The maximum absolute atomic E-state index is 5.13. The topological polar surface area (TPSA) is 41.9 Å². The zero-order valence-corrected chi connectivity index (χ0v) is 32.5. The molecule has 1 heterocycles. The van der Waals surface area contributed by atoms with E-state index in [4.69, 9.17) is 15.0 Å². The van der Waals surface area contributed by atoms with Crippen molar-refractivity contribution in [2.24, 2.45) is 0 Å². The molecule has 0 amide bonds. The first-order valence-electron chi connectivity index (χ1n) is 20.2. The van der Waals surface area contributed by atoms with Gasteiger partial charge in [-0.3, -0.25) is 0 Å². The molecule has 0 N–H and O–H groups in total. The van der Waals surface area contributed by atoms with E-state index in [1.807, 2.05) is 18.2 Å². The molecule has 0 spiro atoms. The molecule has 0 aliphatic heterocycles. The smallest absolute Gasteiger partial charge is 0.164 e. The van der Waals surface area contributed by atoms with Gasteiger partial charge in [-0.15, -0.1) is 0 Å². The fourth-order valence-corrected chi connectivity index (χ4v) is 8.02. The number of anilines is 3. The molecule has 0 saturated heterocycles. The second-order valence-corrected chi connectivity index (χ2v) is 14.7. The number of aromatic nitrogens is 3. The fourth-order valence-electron chi connectivity index (χ4n) is 8.02. The maximum Gasteiger partial charge on any atom is 0.164 e. The third-order valence-corrected chi connectivity index (χ3v) is 11.0. The van der Waals surface area contributed by atoms with E-state index < -0.39 is 0 Å². The molecule has 10 rings (SSSR count). The van der Waals surface area contributed by atoms with Crippen molar-refractivity contribution in [1.82, 2.24) is 15.0 Å². The second-order valence-electron chi connectivity index (χ2n) is 14.7. The number of hydrogen-bond acceptors (Lipinski definition) is 4. The fraction of sp³-hybridized carbons (Fsp3) is 0.0364. The maximum atomic E-state index is 5.13. The summed E-state index contributed by atoms with van der Waals surface area (Å²) in [6.45, 7) is 0. The molecule has 0 bridgehead atoms. The van der Waals surface area contributed by atoms with Crippen LogP contribution in [-0.4, -0.2) is 15.0 Å². The molecule has 0 radical (unpaired) electrons. The molecular formula is C55H40N4. The van der Waals surface area contributed by atoms with Crippen LogP contribution in [0.1, 0.15) is 18.7 Å². The quantitative estimate of drug-likeness (QED) is 0.147. The van der Waals surface area contributed by atoms with Gasteiger partial charge in [0, 0.05) is 28.2 Å². The minimum absolute atomic E-state index is 0.671. The Bertz CT molecular complexity index is 2870. The van der Waals surface area contributed by atoms with Gasteiger partial charge in [-0.05, 0) is 105 Å². The summed E-state index contributed by atoms with van der Waals surface area (Å²) in [5.74, 6) is 2.08.